The Morgan fingerprint density at radius 3 is 2.61 bits per heavy atom. The van der Waals surface area contributed by atoms with Gasteiger partial charge >= 0.3 is 0 Å². The van der Waals surface area contributed by atoms with E-state index >= 15 is 0 Å². The molecule has 0 heterocycles. The lowest BCUT2D eigenvalue weighted by molar-refractivity contribution is -0.124. The third kappa shape index (κ3) is 4.18. The standard InChI is InChI=1S/C21H22ClFN2O3/c1-28-11-10-24-19(26)17-7-6-16(13-18(17)22)25-20(27)21(8-3-9-21)14-4-2-5-15(23)12-14/h2,4-7,12-13H,3,8-11H2,1H3,(H,24,26)(H,25,27). The molecule has 1 fully saturated rings. The van der Waals surface area contributed by atoms with Crippen LogP contribution in [0, 0.1) is 5.82 Å². The van der Waals surface area contributed by atoms with Crippen LogP contribution in [0.4, 0.5) is 10.1 Å². The normalized spacial score (nSPS) is 14.8. The van der Waals surface area contributed by atoms with Gasteiger partial charge in [0.05, 0.1) is 22.6 Å². The molecule has 1 aliphatic rings. The van der Waals surface area contributed by atoms with Gasteiger partial charge < -0.3 is 15.4 Å². The summed E-state index contributed by atoms with van der Waals surface area (Å²) < 4.78 is 18.5. The van der Waals surface area contributed by atoms with Crippen molar-refractivity contribution in [2.24, 2.45) is 0 Å². The summed E-state index contributed by atoms with van der Waals surface area (Å²) in [6.45, 7) is 0.778. The fourth-order valence-electron chi connectivity index (χ4n) is 3.35. The van der Waals surface area contributed by atoms with Gasteiger partial charge in [0.2, 0.25) is 5.91 Å². The van der Waals surface area contributed by atoms with E-state index in [1.807, 2.05) is 0 Å². The second-order valence-electron chi connectivity index (χ2n) is 6.84. The Labute approximate surface area is 168 Å². The first-order valence-corrected chi connectivity index (χ1v) is 9.48. The number of hydrogen-bond acceptors (Lipinski definition) is 3. The minimum atomic E-state index is -0.731. The molecule has 2 N–H and O–H groups in total. The van der Waals surface area contributed by atoms with E-state index in [1.165, 1.54) is 12.1 Å². The summed E-state index contributed by atoms with van der Waals surface area (Å²) in [6.07, 6.45) is 2.23. The average Bonchev–Trinajstić information content (AvgIpc) is 2.61. The number of methoxy groups -OCH3 is 1. The number of anilines is 1. The lowest BCUT2D eigenvalue weighted by Crippen LogP contribution is -2.46. The second kappa shape index (κ2) is 8.71. The Hall–Kier alpha value is -2.44. The van der Waals surface area contributed by atoms with E-state index in [9.17, 15) is 14.0 Å². The van der Waals surface area contributed by atoms with Gasteiger partial charge in [0.1, 0.15) is 5.82 Å². The van der Waals surface area contributed by atoms with E-state index in [2.05, 4.69) is 10.6 Å². The van der Waals surface area contributed by atoms with Crippen LogP contribution in [0.15, 0.2) is 42.5 Å². The van der Waals surface area contributed by atoms with Crippen molar-refractivity contribution >= 4 is 29.1 Å². The highest BCUT2D eigenvalue weighted by Gasteiger charge is 2.45. The Morgan fingerprint density at radius 2 is 2.00 bits per heavy atom. The second-order valence-corrected chi connectivity index (χ2v) is 7.25. The maximum Gasteiger partial charge on any atom is 0.252 e. The highest BCUT2D eigenvalue weighted by atomic mass is 35.5. The van der Waals surface area contributed by atoms with E-state index in [4.69, 9.17) is 16.3 Å². The third-order valence-electron chi connectivity index (χ3n) is 5.08. The minimum Gasteiger partial charge on any atom is -0.383 e. The summed E-state index contributed by atoms with van der Waals surface area (Å²) >= 11 is 6.23. The number of nitrogens with one attached hydrogen (secondary N) is 2. The number of hydrogen-bond donors (Lipinski definition) is 2. The van der Waals surface area contributed by atoms with E-state index in [0.29, 0.717) is 42.8 Å². The Balaban J connectivity index is 1.73. The molecule has 0 atom stereocenters. The van der Waals surface area contributed by atoms with Gasteiger partial charge in [-0.3, -0.25) is 9.59 Å². The predicted molar refractivity (Wildman–Crippen MR) is 106 cm³/mol. The Bertz CT molecular complexity index is 884. The summed E-state index contributed by atoms with van der Waals surface area (Å²) in [5.41, 5.74) is 0.756. The van der Waals surface area contributed by atoms with Crippen molar-refractivity contribution in [1.82, 2.24) is 5.32 Å². The van der Waals surface area contributed by atoms with Crippen molar-refractivity contribution in [3.63, 3.8) is 0 Å². The smallest absolute Gasteiger partial charge is 0.252 e. The first-order chi connectivity index (χ1) is 13.5. The van der Waals surface area contributed by atoms with Crippen LogP contribution in [0.2, 0.25) is 5.02 Å². The zero-order valence-electron chi connectivity index (χ0n) is 15.6. The molecule has 1 saturated carbocycles. The Morgan fingerprint density at radius 1 is 1.21 bits per heavy atom. The predicted octanol–water partition coefficient (Wildman–Crippen LogP) is 3.92. The monoisotopic (exact) mass is 404 g/mol. The van der Waals surface area contributed by atoms with Crippen LogP contribution in [0.1, 0.15) is 35.2 Å². The summed E-state index contributed by atoms with van der Waals surface area (Å²) in [6, 6.07) is 10.9. The van der Waals surface area contributed by atoms with Gasteiger partial charge in [0.15, 0.2) is 0 Å². The van der Waals surface area contributed by atoms with Gasteiger partial charge in [-0.25, -0.2) is 4.39 Å². The van der Waals surface area contributed by atoms with Crippen molar-refractivity contribution in [1.29, 1.82) is 0 Å². The number of halogens is 2. The van der Waals surface area contributed by atoms with Gasteiger partial charge in [-0.1, -0.05) is 30.2 Å². The molecule has 0 aromatic heterocycles. The summed E-state index contributed by atoms with van der Waals surface area (Å²) in [7, 11) is 1.55. The third-order valence-corrected chi connectivity index (χ3v) is 5.39. The molecular weight excluding hydrogens is 383 g/mol. The zero-order valence-corrected chi connectivity index (χ0v) is 16.3. The molecule has 28 heavy (non-hydrogen) atoms. The van der Waals surface area contributed by atoms with Crippen molar-refractivity contribution < 1.29 is 18.7 Å². The minimum absolute atomic E-state index is 0.197. The van der Waals surface area contributed by atoms with E-state index in [1.54, 1.807) is 37.4 Å². The largest absolute Gasteiger partial charge is 0.383 e. The van der Waals surface area contributed by atoms with Gasteiger partial charge in [-0.2, -0.15) is 0 Å². The first-order valence-electron chi connectivity index (χ1n) is 9.10. The van der Waals surface area contributed by atoms with Crippen molar-refractivity contribution in [2.75, 3.05) is 25.6 Å². The van der Waals surface area contributed by atoms with Gasteiger partial charge in [0.25, 0.3) is 5.91 Å². The van der Waals surface area contributed by atoms with Crippen molar-refractivity contribution in [3.8, 4) is 0 Å². The number of rotatable bonds is 7. The molecule has 5 nitrogen and oxygen atoms in total. The molecule has 2 amide bonds. The van der Waals surface area contributed by atoms with Crippen LogP contribution in [0.3, 0.4) is 0 Å². The SMILES string of the molecule is COCCNC(=O)c1ccc(NC(=O)C2(c3cccc(F)c3)CCC2)cc1Cl. The summed E-state index contributed by atoms with van der Waals surface area (Å²) in [4.78, 5) is 25.1. The molecule has 148 valence electrons. The number of amides is 2. The fourth-order valence-corrected chi connectivity index (χ4v) is 3.62. The molecule has 0 saturated heterocycles. The number of benzene rings is 2. The molecule has 2 aromatic rings. The van der Waals surface area contributed by atoms with Crippen LogP contribution < -0.4 is 10.6 Å². The summed E-state index contributed by atoms with van der Waals surface area (Å²) in [5.74, 6) is -0.865. The molecule has 2 aromatic carbocycles. The van der Waals surface area contributed by atoms with E-state index < -0.39 is 5.41 Å². The van der Waals surface area contributed by atoms with Crippen LogP contribution in [-0.4, -0.2) is 32.1 Å². The first kappa shape index (κ1) is 20.3. The van der Waals surface area contributed by atoms with Gasteiger partial charge in [0, 0.05) is 19.3 Å². The maximum absolute atomic E-state index is 13.6. The number of carbonyl (C=O) groups excluding carboxylic acids is 2. The molecule has 0 spiro atoms. The number of carbonyl (C=O) groups is 2. The lowest BCUT2D eigenvalue weighted by Gasteiger charge is -2.40. The van der Waals surface area contributed by atoms with Crippen molar-refractivity contribution in [3.05, 3.63) is 64.4 Å². The molecule has 1 aliphatic carbocycles. The molecule has 7 heteroatoms. The fraction of sp³-hybridized carbons (Fsp3) is 0.333. The van der Waals surface area contributed by atoms with Crippen molar-refractivity contribution in [2.45, 2.75) is 24.7 Å². The van der Waals surface area contributed by atoms with Crippen LogP contribution in [0.25, 0.3) is 0 Å². The van der Waals surface area contributed by atoms with Gasteiger partial charge in [-0.15, -0.1) is 0 Å². The van der Waals surface area contributed by atoms with Crippen LogP contribution in [0.5, 0.6) is 0 Å². The quantitative estimate of drug-likeness (QED) is 0.687. The molecule has 0 bridgehead atoms. The highest BCUT2D eigenvalue weighted by Crippen LogP contribution is 2.44. The summed E-state index contributed by atoms with van der Waals surface area (Å²) in [5, 5.41) is 5.80. The maximum atomic E-state index is 13.6. The molecule has 0 unspecified atom stereocenters. The topological polar surface area (TPSA) is 67.4 Å². The lowest BCUT2D eigenvalue weighted by atomic mass is 9.63. The molecular formula is C21H22ClFN2O3. The van der Waals surface area contributed by atoms with Gasteiger partial charge in [-0.05, 0) is 48.7 Å². The highest BCUT2D eigenvalue weighted by molar-refractivity contribution is 6.34. The molecule has 3 rings (SSSR count). The number of ether oxygens (including phenoxy) is 1. The van der Waals surface area contributed by atoms with Crippen LogP contribution >= 0.6 is 11.6 Å². The molecule has 0 aliphatic heterocycles. The van der Waals surface area contributed by atoms with Crippen LogP contribution in [-0.2, 0) is 14.9 Å². The van der Waals surface area contributed by atoms with E-state index in [-0.39, 0.29) is 22.7 Å². The van der Waals surface area contributed by atoms with E-state index in [0.717, 1.165) is 6.42 Å². The zero-order chi connectivity index (χ0) is 20.1. The molecule has 0 radical (unpaired) electrons. The average molecular weight is 405 g/mol. The Kier molecular flexibility index (Phi) is 6.31.